The number of aliphatic hydroxyl groups is 2. The predicted octanol–water partition coefficient (Wildman–Crippen LogP) is -1.54. The molecule has 0 bridgehead atoms. The van der Waals surface area contributed by atoms with Crippen LogP contribution in [0.25, 0.3) is 0 Å². The summed E-state index contributed by atoms with van der Waals surface area (Å²) in [6.07, 6.45) is 0.709. The van der Waals surface area contributed by atoms with Crippen molar-refractivity contribution in [2.24, 2.45) is 5.92 Å². The van der Waals surface area contributed by atoms with Gasteiger partial charge in [0.1, 0.15) is 0 Å². The number of likely N-dealkylation sites (tertiary alicyclic amines) is 1. The molecular weight excluding hydrogens is 216 g/mol. The largest absolute Gasteiger partial charge is 0.480 e. The molecule has 4 N–H and O–H groups in total. The first-order valence-corrected chi connectivity index (χ1v) is 5.08. The van der Waals surface area contributed by atoms with Gasteiger partial charge in [-0.2, -0.15) is 0 Å². The molecule has 0 saturated carbocycles. The van der Waals surface area contributed by atoms with Crippen LogP contribution < -0.4 is 5.32 Å². The highest BCUT2D eigenvalue weighted by Crippen LogP contribution is 2.15. The number of nitrogens with zero attached hydrogens (tertiary/aromatic N) is 1. The van der Waals surface area contributed by atoms with Crippen molar-refractivity contribution in [3.8, 4) is 0 Å². The van der Waals surface area contributed by atoms with Crippen molar-refractivity contribution in [1.29, 1.82) is 0 Å². The molecule has 16 heavy (non-hydrogen) atoms. The molecule has 0 aromatic rings. The maximum absolute atomic E-state index is 11.5. The molecule has 1 unspecified atom stereocenters. The van der Waals surface area contributed by atoms with Crippen molar-refractivity contribution in [2.75, 3.05) is 26.3 Å². The zero-order valence-corrected chi connectivity index (χ0v) is 8.80. The second kappa shape index (κ2) is 5.66. The van der Waals surface area contributed by atoms with E-state index in [9.17, 15) is 9.59 Å². The van der Waals surface area contributed by atoms with Crippen molar-refractivity contribution >= 4 is 12.0 Å². The number of carboxylic acids is 1. The number of aliphatic carboxylic acids is 1. The van der Waals surface area contributed by atoms with Crippen LogP contribution in [0.4, 0.5) is 4.79 Å². The van der Waals surface area contributed by atoms with Gasteiger partial charge in [-0.15, -0.1) is 0 Å². The number of hydrogen-bond acceptors (Lipinski definition) is 4. The third-order valence-electron chi connectivity index (χ3n) is 2.61. The van der Waals surface area contributed by atoms with E-state index >= 15 is 0 Å². The van der Waals surface area contributed by atoms with Gasteiger partial charge >= 0.3 is 12.0 Å². The topological polar surface area (TPSA) is 110 Å². The van der Waals surface area contributed by atoms with Crippen molar-refractivity contribution in [3.05, 3.63) is 0 Å². The number of urea groups is 1. The van der Waals surface area contributed by atoms with E-state index in [4.69, 9.17) is 15.3 Å². The summed E-state index contributed by atoms with van der Waals surface area (Å²) in [6, 6.07) is -1.79. The lowest BCUT2D eigenvalue weighted by molar-refractivity contribution is -0.140. The van der Waals surface area contributed by atoms with Crippen LogP contribution >= 0.6 is 0 Å². The molecule has 0 spiro atoms. The summed E-state index contributed by atoms with van der Waals surface area (Å²) in [5, 5.41) is 28.5. The van der Waals surface area contributed by atoms with E-state index < -0.39 is 24.6 Å². The molecule has 92 valence electrons. The Kier molecular flexibility index (Phi) is 4.51. The zero-order valence-electron chi connectivity index (χ0n) is 8.80. The second-order valence-corrected chi connectivity index (χ2v) is 3.81. The van der Waals surface area contributed by atoms with Crippen LogP contribution in [-0.4, -0.2) is 64.6 Å². The minimum absolute atomic E-state index is 0.0200. The fraction of sp³-hybridized carbons (Fsp3) is 0.778. The fourth-order valence-electron chi connectivity index (χ4n) is 1.59. The molecule has 7 heteroatoms. The van der Waals surface area contributed by atoms with E-state index in [-0.39, 0.29) is 12.5 Å². The minimum Gasteiger partial charge on any atom is -0.480 e. The fourth-order valence-corrected chi connectivity index (χ4v) is 1.59. The first kappa shape index (κ1) is 12.7. The number of carbonyl (C=O) groups is 2. The van der Waals surface area contributed by atoms with E-state index in [2.05, 4.69) is 5.32 Å². The van der Waals surface area contributed by atoms with Gasteiger partial charge in [-0.1, -0.05) is 0 Å². The molecule has 0 radical (unpaired) electrons. The zero-order chi connectivity index (χ0) is 12.1. The van der Waals surface area contributed by atoms with E-state index in [1.165, 1.54) is 4.90 Å². The maximum Gasteiger partial charge on any atom is 0.328 e. The summed E-state index contributed by atoms with van der Waals surface area (Å²) in [5.41, 5.74) is 0. The Labute approximate surface area is 92.7 Å². The highest BCUT2D eigenvalue weighted by molar-refractivity contribution is 5.82. The molecule has 2 amide bonds. The first-order valence-electron chi connectivity index (χ1n) is 5.08. The highest BCUT2D eigenvalue weighted by Gasteiger charge is 2.28. The molecule has 0 aliphatic carbocycles. The Morgan fingerprint density at radius 3 is 2.56 bits per heavy atom. The summed E-state index contributed by atoms with van der Waals surface area (Å²) in [7, 11) is 0. The molecule has 1 fully saturated rings. The van der Waals surface area contributed by atoms with E-state index in [0.717, 1.165) is 0 Å². The van der Waals surface area contributed by atoms with Crippen LogP contribution in [0.1, 0.15) is 6.42 Å². The molecule has 1 rings (SSSR count). The van der Waals surface area contributed by atoms with Crippen LogP contribution in [0.15, 0.2) is 0 Å². The smallest absolute Gasteiger partial charge is 0.328 e. The van der Waals surface area contributed by atoms with E-state index in [0.29, 0.717) is 19.5 Å². The Balaban J connectivity index is 2.43. The van der Waals surface area contributed by atoms with Crippen LogP contribution in [0, 0.1) is 5.92 Å². The third-order valence-corrected chi connectivity index (χ3v) is 2.61. The predicted molar refractivity (Wildman–Crippen MR) is 53.8 cm³/mol. The molecule has 1 aliphatic rings. The van der Waals surface area contributed by atoms with E-state index in [1.807, 2.05) is 0 Å². The Bertz CT molecular complexity index is 271. The van der Waals surface area contributed by atoms with Crippen molar-refractivity contribution in [1.82, 2.24) is 10.2 Å². The molecule has 1 saturated heterocycles. The molecule has 0 aromatic carbocycles. The van der Waals surface area contributed by atoms with Gasteiger partial charge < -0.3 is 25.5 Å². The van der Waals surface area contributed by atoms with Gasteiger partial charge in [0.15, 0.2) is 6.04 Å². The monoisotopic (exact) mass is 232 g/mol. The van der Waals surface area contributed by atoms with Crippen LogP contribution in [0.5, 0.6) is 0 Å². The summed E-state index contributed by atoms with van der Waals surface area (Å²) < 4.78 is 0. The number of hydrogen-bond donors (Lipinski definition) is 4. The van der Waals surface area contributed by atoms with Gasteiger partial charge in [0.2, 0.25) is 0 Å². The normalized spacial score (nSPS) is 21.9. The van der Waals surface area contributed by atoms with Gasteiger partial charge in [-0.25, -0.2) is 9.59 Å². The number of rotatable bonds is 4. The first-order chi connectivity index (χ1) is 7.58. The molecular formula is C9H16N2O5. The summed E-state index contributed by atoms with van der Waals surface area (Å²) in [4.78, 5) is 23.5. The van der Waals surface area contributed by atoms with Gasteiger partial charge in [0.05, 0.1) is 6.61 Å². The third kappa shape index (κ3) is 3.07. The maximum atomic E-state index is 11.5. The highest BCUT2D eigenvalue weighted by atomic mass is 16.4. The van der Waals surface area contributed by atoms with Gasteiger partial charge in [0, 0.05) is 25.6 Å². The molecule has 1 aliphatic heterocycles. The molecule has 0 aromatic heterocycles. The van der Waals surface area contributed by atoms with Crippen molar-refractivity contribution < 1.29 is 24.9 Å². The van der Waals surface area contributed by atoms with Crippen LogP contribution in [0.2, 0.25) is 0 Å². The molecule has 1 heterocycles. The number of aliphatic hydroxyl groups excluding tert-OH is 2. The number of amides is 2. The van der Waals surface area contributed by atoms with Crippen molar-refractivity contribution in [3.63, 3.8) is 0 Å². The quantitative estimate of drug-likeness (QED) is 0.469. The van der Waals surface area contributed by atoms with Crippen LogP contribution in [-0.2, 0) is 4.79 Å². The standard InChI is InChI=1S/C9H16N2O5/c12-4-6-1-2-11(3-6)9(16)10-7(5-13)8(14)15/h6-7,12-13H,1-5H2,(H,10,16)(H,14,15)/t6?,7-/m1/s1. The summed E-state index contributed by atoms with van der Waals surface area (Å²) in [5.74, 6) is -1.21. The lowest BCUT2D eigenvalue weighted by atomic mass is 10.1. The van der Waals surface area contributed by atoms with Gasteiger partial charge in [0.25, 0.3) is 0 Å². The molecule has 2 atom stereocenters. The Morgan fingerprint density at radius 1 is 1.44 bits per heavy atom. The average molecular weight is 232 g/mol. The minimum atomic E-state index is -1.28. The molecule has 7 nitrogen and oxygen atoms in total. The second-order valence-electron chi connectivity index (χ2n) is 3.81. The summed E-state index contributed by atoms with van der Waals surface area (Å²) >= 11 is 0. The van der Waals surface area contributed by atoms with Gasteiger partial charge in [-0.05, 0) is 6.42 Å². The Hall–Kier alpha value is -1.34. The SMILES string of the molecule is O=C(O)[C@@H](CO)NC(=O)N1CCC(CO)C1. The average Bonchev–Trinajstić information content (AvgIpc) is 2.73. The van der Waals surface area contributed by atoms with E-state index in [1.54, 1.807) is 0 Å². The van der Waals surface area contributed by atoms with Crippen molar-refractivity contribution in [2.45, 2.75) is 12.5 Å². The van der Waals surface area contributed by atoms with Gasteiger partial charge in [-0.3, -0.25) is 0 Å². The number of nitrogens with one attached hydrogen (secondary N) is 1. The Morgan fingerprint density at radius 2 is 2.12 bits per heavy atom. The summed E-state index contributed by atoms with van der Waals surface area (Å²) in [6.45, 7) is 0.291. The number of carboxylic acid groups (broad SMARTS) is 1. The lowest BCUT2D eigenvalue weighted by Crippen LogP contribution is -2.49. The lowest BCUT2D eigenvalue weighted by Gasteiger charge is -2.19. The van der Waals surface area contributed by atoms with Crippen LogP contribution in [0.3, 0.4) is 0 Å². The number of carbonyl (C=O) groups excluding carboxylic acids is 1.